The molecular weight excluding hydrogens is 289 g/mol. The molecule has 1 rings (SSSR count). The normalized spacial score (nSPS) is 12.3. The van der Waals surface area contributed by atoms with Gasteiger partial charge in [0.05, 0.1) is 0 Å². The molecule has 1 atom stereocenters. The number of nitrogens with zero attached hydrogens (tertiary/aromatic N) is 1. The summed E-state index contributed by atoms with van der Waals surface area (Å²) in [6.45, 7) is 4.59. The van der Waals surface area contributed by atoms with Crippen molar-refractivity contribution in [3.8, 4) is 0 Å². The largest absolute Gasteiger partial charge is 0.341 e. The van der Waals surface area contributed by atoms with Crippen LogP contribution in [-0.4, -0.2) is 29.2 Å². The van der Waals surface area contributed by atoms with Crippen LogP contribution in [0, 0.1) is 6.92 Å². The first kappa shape index (κ1) is 13.5. The van der Waals surface area contributed by atoms with Crippen LogP contribution in [0.25, 0.3) is 0 Å². The fourth-order valence-corrected chi connectivity index (χ4v) is 2.19. The second-order valence-electron chi connectivity index (χ2n) is 3.93. The molecular formula is C12H15BrClNO. The van der Waals surface area contributed by atoms with Crippen LogP contribution in [0.5, 0.6) is 0 Å². The Kier molecular flexibility index (Phi) is 4.81. The van der Waals surface area contributed by atoms with E-state index in [4.69, 9.17) is 11.6 Å². The standard InChI is InChI=1S/C12H15BrClNO/c1-8-6-10(14)4-5-11(8)12(16)15(3)7-9(2)13/h4-6,9H,7H2,1-3H3. The summed E-state index contributed by atoms with van der Waals surface area (Å²) in [6, 6.07) is 5.32. The van der Waals surface area contributed by atoms with E-state index < -0.39 is 0 Å². The minimum absolute atomic E-state index is 0.0282. The SMILES string of the molecule is Cc1cc(Cl)ccc1C(=O)N(C)CC(C)Br. The minimum Gasteiger partial charge on any atom is -0.341 e. The second kappa shape index (κ2) is 5.69. The molecule has 4 heteroatoms. The fraction of sp³-hybridized carbons (Fsp3) is 0.417. The third kappa shape index (κ3) is 3.49. The van der Waals surface area contributed by atoms with Gasteiger partial charge in [0.15, 0.2) is 0 Å². The maximum atomic E-state index is 12.1. The summed E-state index contributed by atoms with van der Waals surface area (Å²) in [5, 5.41) is 0.658. The Morgan fingerprint density at radius 1 is 1.56 bits per heavy atom. The van der Waals surface area contributed by atoms with Crippen molar-refractivity contribution in [2.24, 2.45) is 0 Å². The molecule has 88 valence electrons. The summed E-state index contributed by atoms with van der Waals surface area (Å²) in [4.78, 5) is 14.1. The smallest absolute Gasteiger partial charge is 0.253 e. The molecule has 0 saturated carbocycles. The molecule has 16 heavy (non-hydrogen) atoms. The van der Waals surface area contributed by atoms with Gasteiger partial charge in [0, 0.05) is 29.0 Å². The molecule has 0 aliphatic rings. The van der Waals surface area contributed by atoms with Crippen LogP contribution in [0.2, 0.25) is 5.02 Å². The zero-order chi connectivity index (χ0) is 12.3. The Hall–Kier alpha value is -0.540. The van der Waals surface area contributed by atoms with E-state index in [1.165, 1.54) is 0 Å². The summed E-state index contributed by atoms with van der Waals surface area (Å²) in [7, 11) is 1.80. The molecule has 0 bridgehead atoms. The van der Waals surface area contributed by atoms with Crippen molar-refractivity contribution in [1.82, 2.24) is 4.90 Å². The highest BCUT2D eigenvalue weighted by Crippen LogP contribution is 2.17. The van der Waals surface area contributed by atoms with Crippen LogP contribution >= 0.6 is 27.5 Å². The van der Waals surface area contributed by atoms with E-state index in [-0.39, 0.29) is 10.7 Å². The summed E-state index contributed by atoms with van der Waals surface area (Å²) < 4.78 is 0. The molecule has 1 aromatic carbocycles. The Morgan fingerprint density at radius 2 is 2.19 bits per heavy atom. The number of benzene rings is 1. The highest BCUT2D eigenvalue weighted by Gasteiger charge is 2.15. The predicted octanol–water partition coefficient (Wildman–Crippen LogP) is 3.50. The molecule has 1 unspecified atom stereocenters. The lowest BCUT2D eigenvalue weighted by Crippen LogP contribution is -2.31. The van der Waals surface area contributed by atoms with Gasteiger partial charge >= 0.3 is 0 Å². The van der Waals surface area contributed by atoms with E-state index in [9.17, 15) is 4.79 Å². The topological polar surface area (TPSA) is 20.3 Å². The van der Waals surface area contributed by atoms with Crippen LogP contribution in [0.1, 0.15) is 22.8 Å². The monoisotopic (exact) mass is 303 g/mol. The number of hydrogen-bond donors (Lipinski definition) is 0. The first-order valence-corrected chi connectivity index (χ1v) is 6.37. The van der Waals surface area contributed by atoms with Crippen LogP contribution in [0.4, 0.5) is 0 Å². The third-order valence-corrected chi connectivity index (χ3v) is 2.82. The van der Waals surface area contributed by atoms with Crippen molar-refractivity contribution in [2.45, 2.75) is 18.7 Å². The predicted molar refractivity (Wildman–Crippen MR) is 71.5 cm³/mol. The van der Waals surface area contributed by atoms with Crippen molar-refractivity contribution >= 4 is 33.4 Å². The second-order valence-corrected chi connectivity index (χ2v) is 5.93. The van der Waals surface area contributed by atoms with E-state index in [0.29, 0.717) is 17.1 Å². The van der Waals surface area contributed by atoms with Gasteiger partial charge in [-0.05, 0) is 30.7 Å². The summed E-state index contributed by atoms with van der Waals surface area (Å²) in [5.41, 5.74) is 1.62. The molecule has 0 aliphatic heterocycles. The van der Waals surface area contributed by atoms with E-state index in [0.717, 1.165) is 5.56 Å². The molecule has 0 heterocycles. The molecule has 0 N–H and O–H groups in total. The molecule has 1 amide bonds. The lowest BCUT2D eigenvalue weighted by atomic mass is 10.1. The highest BCUT2D eigenvalue weighted by atomic mass is 79.9. The number of rotatable bonds is 3. The van der Waals surface area contributed by atoms with Gasteiger partial charge in [-0.3, -0.25) is 4.79 Å². The van der Waals surface area contributed by atoms with Crippen molar-refractivity contribution in [3.63, 3.8) is 0 Å². The van der Waals surface area contributed by atoms with Crippen LogP contribution in [0.3, 0.4) is 0 Å². The summed E-state index contributed by atoms with van der Waals surface area (Å²) in [5.74, 6) is 0.0282. The molecule has 0 aliphatic carbocycles. The lowest BCUT2D eigenvalue weighted by molar-refractivity contribution is 0.0796. The van der Waals surface area contributed by atoms with Crippen molar-refractivity contribution < 1.29 is 4.79 Å². The van der Waals surface area contributed by atoms with Crippen molar-refractivity contribution in [3.05, 3.63) is 34.3 Å². The molecule has 0 aromatic heterocycles. The summed E-state index contributed by atoms with van der Waals surface area (Å²) >= 11 is 9.28. The number of carbonyl (C=O) groups is 1. The Labute approximate surface area is 110 Å². The average Bonchev–Trinajstić information content (AvgIpc) is 2.15. The first-order valence-electron chi connectivity index (χ1n) is 5.07. The van der Waals surface area contributed by atoms with Gasteiger partial charge in [-0.15, -0.1) is 0 Å². The van der Waals surface area contributed by atoms with E-state index >= 15 is 0 Å². The number of aryl methyl sites for hydroxylation is 1. The van der Waals surface area contributed by atoms with Gasteiger partial charge in [0.2, 0.25) is 0 Å². The number of halogens is 2. The van der Waals surface area contributed by atoms with Crippen molar-refractivity contribution in [2.75, 3.05) is 13.6 Å². The first-order chi connectivity index (χ1) is 7.41. The van der Waals surface area contributed by atoms with Crippen LogP contribution in [0.15, 0.2) is 18.2 Å². The fourth-order valence-electron chi connectivity index (χ4n) is 1.53. The summed E-state index contributed by atoms with van der Waals surface area (Å²) in [6.07, 6.45) is 0. The Bertz CT molecular complexity index is 393. The number of carbonyl (C=O) groups excluding carboxylic acids is 1. The molecule has 0 saturated heterocycles. The van der Waals surface area contributed by atoms with Gasteiger partial charge in [-0.1, -0.05) is 34.5 Å². The zero-order valence-corrected chi connectivity index (χ0v) is 12.0. The Balaban J connectivity index is 2.88. The average molecular weight is 305 g/mol. The van der Waals surface area contributed by atoms with Gasteiger partial charge in [-0.2, -0.15) is 0 Å². The highest BCUT2D eigenvalue weighted by molar-refractivity contribution is 9.09. The molecule has 1 aromatic rings. The number of alkyl halides is 1. The van der Waals surface area contributed by atoms with Crippen LogP contribution in [-0.2, 0) is 0 Å². The van der Waals surface area contributed by atoms with Gasteiger partial charge in [-0.25, -0.2) is 0 Å². The van der Waals surface area contributed by atoms with Crippen LogP contribution < -0.4 is 0 Å². The third-order valence-electron chi connectivity index (χ3n) is 2.29. The van der Waals surface area contributed by atoms with Gasteiger partial charge in [0.25, 0.3) is 5.91 Å². The van der Waals surface area contributed by atoms with E-state index in [1.54, 1.807) is 30.1 Å². The molecule has 0 spiro atoms. The zero-order valence-electron chi connectivity index (χ0n) is 9.63. The van der Waals surface area contributed by atoms with Crippen molar-refractivity contribution in [1.29, 1.82) is 0 Å². The van der Waals surface area contributed by atoms with Gasteiger partial charge < -0.3 is 4.90 Å². The maximum Gasteiger partial charge on any atom is 0.253 e. The number of hydrogen-bond acceptors (Lipinski definition) is 1. The van der Waals surface area contributed by atoms with Gasteiger partial charge in [0.1, 0.15) is 0 Å². The minimum atomic E-state index is 0.0282. The van der Waals surface area contributed by atoms with E-state index in [1.807, 2.05) is 13.8 Å². The molecule has 2 nitrogen and oxygen atoms in total. The molecule has 0 radical (unpaired) electrons. The number of amides is 1. The van der Waals surface area contributed by atoms with E-state index in [2.05, 4.69) is 15.9 Å². The quantitative estimate of drug-likeness (QED) is 0.783. The lowest BCUT2D eigenvalue weighted by Gasteiger charge is -2.19. The maximum absolute atomic E-state index is 12.1. The molecule has 0 fully saturated rings. The Morgan fingerprint density at radius 3 is 2.69 bits per heavy atom.